The summed E-state index contributed by atoms with van der Waals surface area (Å²) in [5.74, 6) is 0.0185. The first-order chi connectivity index (χ1) is 12.2. The van der Waals surface area contributed by atoms with Gasteiger partial charge >= 0.3 is 6.18 Å². The van der Waals surface area contributed by atoms with Crippen LogP contribution >= 0.6 is 23.2 Å². The largest absolute Gasteiger partial charge is 0.417 e. The van der Waals surface area contributed by atoms with Gasteiger partial charge in [-0.15, -0.1) is 0 Å². The van der Waals surface area contributed by atoms with Gasteiger partial charge in [-0.1, -0.05) is 29.3 Å². The van der Waals surface area contributed by atoms with Crippen LogP contribution in [-0.2, 0) is 6.18 Å². The molecule has 2 heterocycles. The molecule has 1 fully saturated rings. The summed E-state index contributed by atoms with van der Waals surface area (Å²) in [5, 5.41) is 3.28. The Kier molecular flexibility index (Phi) is 5.29. The van der Waals surface area contributed by atoms with Crippen molar-refractivity contribution in [3.63, 3.8) is 0 Å². The quantitative estimate of drug-likeness (QED) is 0.824. The number of nitrogens with one attached hydrogen (secondary N) is 1. The normalized spacial score (nSPS) is 17.4. The number of aromatic nitrogens is 1. The maximum absolute atomic E-state index is 12.7. The second-order valence-electron chi connectivity index (χ2n) is 5.94. The van der Waals surface area contributed by atoms with Crippen LogP contribution in [-0.4, -0.2) is 30.0 Å². The number of amides is 1. The molecule has 4 nitrogen and oxygen atoms in total. The topological polar surface area (TPSA) is 45.2 Å². The number of rotatable bonds is 3. The molecule has 3 rings (SSSR count). The number of nitrogens with zero attached hydrogens (tertiary/aromatic N) is 2. The van der Waals surface area contributed by atoms with Crippen molar-refractivity contribution in [2.45, 2.75) is 18.6 Å². The van der Waals surface area contributed by atoms with Gasteiger partial charge in [0.2, 0.25) is 0 Å². The molecule has 9 heteroatoms. The summed E-state index contributed by atoms with van der Waals surface area (Å²) < 4.78 is 38.1. The van der Waals surface area contributed by atoms with Crippen LogP contribution in [0.1, 0.15) is 22.3 Å². The van der Waals surface area contributed by atoms with Crippen molar-refractivity contribution in [3.8, 4) is 0 Å². The number of pyridine rings is 1. The van der Waals surface area contributed by atoms with E-state index in [4.69, 9.17) is 23.2 Å². The number of anilines is 1. The summed E-state index contributed by atoms with van der Waals surface area (Å²) >= 11 is 11.9. The van der Waals surface area contributed by atoms with Crippen LogP contribution in [0.25, 0.3) is 0 Å². The third-order valence-electron chi connectivity index (χ3n) is 4.06. The van der Waals surface area contributed by atoms with Gasteiger partial charge in [-0.2, -0.15) is 13.2 Å². The molecule has 0 radical (unpaired) electrons. The molecule has 26 heavy (non-hydrogen) atoms. The van der Waals surface area contributed by atoms with E-state index >= 15 is 0 Å². The SMILES string of the molecule is O=C(N[C@H]1CCN(c2ncc(C(F)(F)F)cc2Cl)C1)c1cccc(Cl)c1. The summed E-state index contributed by atoms with van der Waals surface area (Å²) in [7, 11) is 0. The van der Waals surface area contributed by atoms with Crippen molar-refractivity contribution in [1.29, 1.82) is 0 Å². The van der Waals surface area contributed by atoms with E-state index in [-0.39, 0.29) is 22.8 Å². The minimum atomic E-state index is -4.49. The van der Waals surface area contributed by atoms with Crippen molar-refractivity contribution in [2.75, 3.05) is 18.0 Å². The monoisotopic (exact) mass is 403 g/mol. The van der Waals surface area contributed by atoms with E-state index in [9.17, 15) is 18.0 Å². The van der Waals surface area contributed by atoms with Crippen LogP contribution in [0.2, 0.25) is 10.0 Å². The Balaban J connectivity index is 1.66. The maximum atomic E-state index is 12.7. The zero-order valence-electron chi connectivity index (χ0n) is 13.4. The molecule has 1 aliphatic heterocycles. The first-order valence-electron chi connectivity index (χ1n) is 7.78. The highest BCUT2D eigenvalue weighted by Gasteiger charge is 2.33. The molecule has 1 aliphatic rings. The minimum Gasteiger partial charge on any atom is -0.353 e. The zero-order chi connectivity index (χ0) is 18.9. The van der Waals surface area contributed by atoms with E-state index in [0.717, 1.165) is 12.3 Å². The molecule has 0 spiro atoms. The number of hydrogen-bond acceptors (Lipinski definition) is 3. The predicted molar refractivity (Wildman–Crippen MR) is 93.8 cm³/mol. The highest BCUT2D eigenvalue weighted by molar-refractivity contribution is 6.33. The molecule has 2 aromatic rings. The molecule has 0 saturated carbocycles. The Labute approximate surface area is 157 Å². The Bertz CT molecular complexity index is 829. The second kappa shape index (κ2) is 7.32. The van der Waals surface area contributed by atoms with Crippen molar-refractivity contribution in [2.24, 2.45) is 0 Å². The lowest BCUT2D eigenvalue weighted by Crippen LogP contribution is -2.37. The van der Waals surface area contributed by atoms with Gasteiger partial charge in [-0.3, -0.25) is 4.79 Å². The van der Waals surface area contributed by atoms with E-state index in [2.05, 4.69) is 10.3 Å². The third-order valence-corrected chi connectivity index (χ3v) is 4.57. The number of carbonyl (C=O) groups is 1. The molecule has 1 N–H and O–H groups in total. The summed E-state index contributed by atoms with van der Waals surface area (Å²) in [4.78, 5) is 17.9. The fourth-order valence-corrected chi connectivity index (χ4v) is 3.26. The van der Waals surface area contributed by atoms with Crippen molar-refractivity contribution in [3.05, 3.63) is 57.7 Å². The average molecular weight is 404 g/mol. The fourth-order valence-electron chi connectivity index (χ4n) is 2.79. The van der Waals surface area contributed by atoms with Gasteiger partial charge in [0.1, 0.15) is 5.82 Å². The van der Waals surface area contributed by atoms with Crippen LogP contribution in [0.3, 0.4) is 0 Å². The maximum Gasteiger partial charge on any atom is 0.417 e. The lowest BCUT2D eigenvalue weighted by Gasteiger charge is -2.20. The fraction of sp³-hybridized carbons (Fsp3) is 0.294. The van der Waals surface area contributed by atoms with E-state index in [1.165, 1.54) is 0 Å². The highest BCUT2D eigenvalue weighted by atomic mass is 35.5. The molecular formula is C17H14Cl2F3N3O. The molecule has 1 saturated heterocycles. The first kappa shape index (κ1) is 18.8. The van der Waals surface area contributed by atoms with Crippen LogP contribution in [0.15, 0.2) is 36.5 Å². The lowest BCUT2D eigenvalue weighted by molar-refractivity contribution is -0.137. The molecule has 1 aromatic carbocycles. The zero-order valence-corrected chi connectivity index (χ0v) is 14.9. The second-order valence-corrected chi connectivity index (χ2v) is 6.79. The van der Waals surface area contributed by atoms with E-state index in [0.29, 0.717) is 30.1 Å². The summed E-state index contributed by atoms with van der Waals surface area (Å²) in [6, 6.07) is 7.28. The molecule has 0 aliphatic carbocycles. The van der Waals surface area contributed by atoms with Crippen molar-refractivity contribution in [1.82, 2.24) is 10.3 Å². The van der Waals surface area contributed by atoms with Gasteiger partial charge in [0.05, 0.1) is 10.6 Å². The third kappa shape index (κ3) is 4.22. The molecule has 0 bridgehead atoms. The summed E-state index contributed by atoms with van der Waals surface area (Å²) in [5.41, 5.74) is -0.446. The van der Waals surface area contributed by atoms with Gasteiger partial charge in [0, 0.05) is 35.9 Å². The van der Waals surface area contributed by atoms with E-state index in [1.54, 1.807) is 29.2 Å². The van der Waals surface area contributed by atoms with Gasteiger partial charge in [0.25, 0.3) is 5.91 Å². The molecule has 1 atom stereocenters. The van der Waals surface area contributed by atoms with Crippen LogP contribution in [0, 0.1) is 0 Å². The van der Waals surface area contributed by atoms with Gasteiger partial charge in [0.15, 0.2) is 0 Å². The molecule has 138 valence electrons. The highest BCUT2D eigenvalue weighted by Crippen LogP contribution is 2.34. The van der Waals surface area contributed by atoms with Crippen LogP contribution < -0.4 is 10.2 Å². The van der Waals surface area contributed by atoms with Crippen molar-refractivity contribution >= 4 is 34.9 Å². The minimum absolute atomic E-state index is 0.0679. The Morgan fingerprint density at radius 3 is 2.69 bits per heavy atom. The first-order valence-corrected chi connectivity index (χ1v) is 8.54. The van der Waals surface area contributed by atoms with E-state index < -0.39 is 11.7 Å². The van der Waals surface area contributed by atoms with Crippen molar-refractivity contribution < 1.29 is 18.0 Å². The number of hydrogen-bond donors (Lipinski definition) is 1. The van der Waals surface area contributed by atoms with Crippen LogP contribution in [0.5, 0.6) is 0 Å². The Hall–Kier alpha value is -1.99. The standard InChI is InChI=1S/C17H14Cl2F3N3O/c18-12-3-1-2-10(6-12)16(26)24-13-4-5-25(9-13)15-14(19)7-11(8-23-15)17(20,21)22/h1-3,6-8,13H,4-5,9H2,(H,24,26)/t13-/m0/s1. The smallest absolute Gasteiger partial charge is 0.353 e. The number of halogens is 5. The number of benzene rings is 1. The van der Waals surface area contributed by atoms with Gasteiger partial charge < -0.3 is 10.2 Å². The summed E-state index contributed by atoms with van der Waals surface area (Å²) in [6.45, 7) is 0.933. The van der Waals surface area contributed by atoms with Gasteiger partial charge in [-0.25, -0.2) is 4.98 Å². The number of alkyl halides is 3. The molecule has 1 amide bonds. The molecule has 1 aromatic heterocycles. The molecule has 0 unspecified atom stereocenters. The molecular weight excluding hydrogens is 390 g/mol. The number of carbonyl (C=O) groups excluding carboxylic acids is 1. The average Bonchev–Trinajstić information content (AvgIpc) is 3.02. The van der Waals surface area contributed by atoms with E-state index in [1.807, 2.05) is 0 Å². The Morgan fingerprint density at radius 2 is 2.04 bits per heavy atom. The summed E-state index contributed by atoms with van der Waals surface area (Å²) in [6.07, 6.45) is -3.10. The predicted octanol–water partition coefficient (Wildman–Crippen LogP) is 4.42. The van der Waals surface area contributed by atoms with Gasteiger partial charge in [-0.05, 0) is 30.7 Å². The lowest BCUT2D eigenvalue weighted by atomic mass is 10.2. The van der Waals surface area contributed by atoms with Crippen LogP contribution in [0.4, 0.5) is 19.0 Å². The Morgan fingerprint density at radius 1 is 1.27 bits per heavy atom.